The second-order valence-electron chi connectivity index (χ2n) is 5.72. The summed E-state index contributed by atoms with van der Waals surface area (Å²) >= 11 is 0. The number of ether oxygens (including phenoxy) is 1. The Morgan fingerprint density at radius 3 is 2.88 bits per heavy atom. The van der Waals surface area contributed by atoms with E-state index in [1.54, 1.807) is 31.3 Å². The van der Waals surface area contributed by atoms with Crippen molar-refractivity contribution in [1.82, 2.24) is 15.1 Å². The molecule has 5 nitrogen and oxygen atoms in total. The van der Waals surface area contributed by atoms with E-state index in [0.29, 0.717) is 17.9 Å². The number of amides is 1. The number of hydrogen-bond acceptors (Lipinski definition) is 3. The van der Waals surface area contributed by atoms with E-state index in [1.807, 2.05) is 19.1 Å². The van der Waals surface area contributed by atoms with Crippen molar-refractivity contribution < 1.29 is 13.9 Å². The summed E-state index contributed by atoms with van der Waals surface area (Å²) in [6.07, 6.45) is 5.76. The van der Waals surface area contributed by atoms with E-state index < -0.39 is 5.82 Å². The summed E-state index contributed by atoms with van der Waals surface area (Å²) in [6.45, 7) is 4.37. The summed E-state index contributed by atoms with van der Waals surface area (Å²) in [6, 6.07) is 6.63. The van der Waals surface area contributed by atoms with E-state index in [4.69, 9.17) is 4.74 Å². The van der Waals surface area contributed by atoms with Crippen LogP contribution in [0.15, 0.2) is 36.4 Å². The van der Waals surface area contributed by atoms with E-state index in [1.165, 1.54) is 4.68 Å². The first-order valence-electron chi connectivity index (χ1n) is 8.37. The largest absolute Gasteiger partial charge is 0.490 e. The van der Waals surface area contributed by atoms with Gasteiger partial charge in [-0.15, -0.1) is 0 Å². The van der Waals surface area contributed by atoms with Gasteiger partial charge < -0.3 is 10.1 Å². The Morgan fingerprint density at radius 2 is 2.20 bits per heavy atom. The molecule has 0 atom stereocenters. The summed E-state index contributed by atoms with van der Waals surface area (Å²) in [5.74, 6) is -0.532. The Bertz CT molecular complexity index is 753. The smallest absolute Gasteiger partial charge is 0.269 e. The molecule has 2 aromatic rings. The van der Waals surface area contributed by atoms with E-state index in [9.17, 15) is 9.18 Å². The van der Waals surface area contributed by atoms with Crippen molar-refractivity contribution in [3.8, 4) is 5.75 Å². The van der Waals surface area contributed by atoms with Gasteiger partial charge in [-0.3, -0.25) is 9.48 Å². The number of nitrogens with zero attached hydrogens (tertiary/aromatic N) is 2. The Balaban J connectivity index is 1.96. The summed E-state index contributed by atoms with van der Waals surface area (Å²) in [4.78, 5) is 12.2. The highest BCUT2D eigenvalue weighted by atomic mass is 19.1. The molecular formula is C19H24FN3O2. The number of rotatable bonds is 8. The van der Waals surface area contributed by atoms with Crippen LogP contribution in [-0.4, -0.2) is 22.3 Å². The maximum atomic E-state index is 14.5. The normalized spacial score (nSPS) is 11.0. The lowest BCUT2D eigenvalue weighted by Gasteiger charge is -2.10. The fourth-order valence-corrected chi connectivity index (χ4v) is 2.41. The van der Waals surface area contributed by atoms with Crippen LogP contribution in [0.1, 0.15) is 41.5 Å². The van der Waals surface area contributed by atoms with Gasteiger partial charge in [-0.25, -0.2) is 4.39 Å². The first-order chi connectivity index (χ1) is 12.0. The Hall–Kier alpha value is -2.63. The van der Waals surface area contributed by atoms with Gasteiger partial charge in [0.25, 0.3) is 5.91 Å². The molecule has 0 unspecified atom stereocenters. The highest BCUT2D eigenvalue weighted by Gasteiger charge is 2.14. The van der Waals surface area contributed by atoms with Crippen molar-refractivity contribution >= 4 is 5.91 Å². The molecule has 1 aromatic heterocycles. The molecule has 0 bridgehead atoms. The Labute approximate surface area is 147 Å². The minimum atomic E-state index is -0.441. The highest BCUT2D eigenvalue weighted by Crippen LogP contribution is 2.20. The molecule has 0 spiro atoms. The SMILES string of the molecule is CCC=CCCOc1cccc(CNC(=O)c2cc(C)nn2C)c1F. The Morgan fingerprint density at radius 1 is 1.40 bits per heavy atom. The molecule has 1 N–H and O–H groups in total. The van der Waals surface area contributed by atoms with Crippen LogP contribution in [0.2, 0.25) is 0 Å². The predicted octanol–water partition coefficient (Wildman–Crippen LogP) is 3.53. The molecule has 2 rings (SSSR count). The van der Waals surface area contributed by atoms with Crippen molar-refractivity contribution in [2.24, 2.45) is 7.05 Å². The summed E-state index contributed by atoms with van der Waals surface area (Å²) in [5, 5.41) is 6.84. The first-order valence-corrected chi connectivity index (χ1v) is 8.37. The number of carbonyl (C=O) groups is 1. The maximum absolute atomic E-state index is 14.5. The molecule has 0 radical (unpaired) electrons. The van der Waals surface area contributed by atoms with Gasteiger partial charge in [-0.1, -0.05) is 31.2 Å². The van der Waals surface area contributed by atoms with Crippen molar-refractivity contribution in [2.75, 3.05) is 6.61 Å². The molecule has 1 aromatic carbocycles. The number of benzene rings is 1. The third kappa shape index (κ3) is 5.17. The summed E-state index contributed by atoms with van der Waals surface area (Å²) < 4.78 is 21.5. The van der Waals surface area contributed by atoms with Crippen LogP contribution in [0.4, 0.5) is 4.39 Å². The second kappa shape index (κ2) is 9.01. The number of aromatic nitrogens is 2. The lowest BCUT2D eigenvalue weighted by atomic mass is 10.2. The van der Waals surface area contributed by atoms with Crippen LogP contribution >= 0.6 is 0 Å². The van der Waals surface area contributed by atoms with Crippen molar-refractivity contribution in [1.29, 1.82) is 0 Å². The molecular weight excluding hydrogens is 321 g/mol. The van der Waals surface area contributed by atoms with Gasteiger partial charge in [0.1, 0.15) is 5.69 Å². The molecule has 134 valence electrons. The number of allylic oxidation sites excluding steroid dienone is 1. The van der Waals surface area contributed by atoms with Crippen LogP contribution in [0, 0.1) is 12.7 Å². The molecule has 25 heavy (non-hydrogen) atoms. The van der Waals surface area contributed by atoms with Gasteiger partial charge >= 0.3 is 0 Å². The average molecular weight is 345 g/mol. The van der Waals surface area contributed by atoms with E-state index in [2.05, 4.69) is 17.3 Å². The quantitative estimate of drug-likeness (QED) is 0.588. The van der Waals surface area contributed by atoms with Gasteiger partial charge in [0.15, 0.2) is 11.6 Å². The van der Waals surface area contributed by atoms with Gasteiger partial charge in [0.05, 0.1) is 12.3 Å². The Kier molecular flexibility index (Phi) is 6.74. The van der Waals surface area contributed by atoms with Gasteiger partial charge in [-0.2, -0.15) is 5.10 Å². The maximum Gasteiger partial charge on any atom is 0.269 e. The van der Waals surface area contributed by atoms with Crippen LogP contribution in [0.3, 0.4) is 0 Å². The number of aryl methyl sites for hydroxylation is 2. The minimum absolute atomic E-state index is 0.0852. The van der Waals surface area contributed by atoms with Gasteiger partial charge in [0.2, 0.25) is 0 Å². The minimum Gasteiger partial charge on any atom is -0.490 e. The molecule has 1 heterocycles. The van der Waals surface area contributed by atoms with Crippen molar-refractivity contribution in [2.45, 2.75) is 33.2 Å². The number of halogens is 1. The van der Waals surface area contributed by atoms with Crippen LogP contribution in [0.25, 0.3) is 0 Å². The molecule has 0 fully saturated rings. The lowest BCUT2D eigenvalue weighted by molar-refractivity contribution is 0.0941. The fraction of sp³-hybridized carbons (Fsp3) is 0.368. The van der Waals surface area contributed by atoms with E-state index in [0.717, 1.165) is 18.5 Å². The number of nitrogens with one attached hydrogen (secondary N) is 1. The zero-order valence-corrected chi connectivity index (χ0v) is 14.9. The van der Waals surface area contributed by atoms with E-state index in [-0.39, 0.29) is 18.2 Å². The molecule has 0 aliphatic rings. The average Bonchev–Trinajstić information content (AvgIpc) is 2.93. The van der Waals surface area contributed by atoms with Crippen LogP contribution < -0.4 is 10.1 Å². The third-order valence-corrected chi connectivity index (χ3v) is 3.66. The number of hydrogen-bond donors (Lipinski definition) is 1. The monoisotopic (exact) mass is 345 g/mol. The molecule has 0 saturated heterocycles. The predicted molar refractivity (Wildman–Crippen MR) is 95.1 cm³/mol. The van der Waals surface area contributed by atoms with Crippen molar-refractivity contribution in [3.05, 3.63) is 59.2 Å². The van der Waals surface area contributed by atoms with Crippen molar-refractivity contribution in [3.63, 3.8) is 0 Å². The summed E-state index contributed by atoms with van der Waals surface area (Å²) in [5.41, 5.74) is 1.58. The lowest BCUT2D eigenvalue weighted by Crippen LogP contribution is -2.25. The topological polar surface area (TPSA) is 56.1 Å². The zero-order valence-electron chi connectivity index (χ0n) is 14.9. The molecule has 0 aliphatic carbocycles. The summed E-state index contributed by atoms with van der Waals surface area (Å²) in [7, 11) is 1.70. The third-order valence-electron chi connectivity index (χ3n) is 3.66. The van der Waals surface area contributed by atoms with Gasteiger partial charge in [-0.05, 0) is 31.9 Å². The fourth-order valence-electron chi connectivity index (χ4n) is 2.41. The number of carbonyl (C=O) groups excluding carboxylic acids is 1. The first kappa shape index (κ1) is 18.7. The molecule has 1 amide bonds. The van der Waals surface area contributed by atoms with Gasteiger partial charge in [0, 0.05) is 19.2 Å². The zero-order chi connectivity index (χ0) is 18.2. The van der Waals surface area contributed by atoms with Crippen LogP contribution in [0.5, 0.6) is 5.75 Å². The molecule has 0 saturated carbocycles. The van der Waals surface area contributed by atoms with E-state index >= 15 is 0 Å². The molecule has 6 heteroatoms. The highest BCUT2D eigenvalue weighted by molar-refractivity contribution is 5.92. The standard InChI is InChI=1S/C19H24FN3O2/c1-4-5-6-7-11-25-17-10-8-9-15(18(17)20)13-21-19(24)16-12-14(2)22-23(16)3/h5-6,8-10,12H,4,7,11,13H2,1-3H3,(H,21,24). The van der Waals surface area contributed by atoms with Crippen LogP contribution in [-0.2, 0) is 13.6 Å². The molecule has 0 aliphatic heterocycles. The second-order valence-corrected chi connectivity index (χ2v) is 5.72.